The number of imidazole rings is 1. The predicted molar refractivity (Wildman–Crippen MR) is 122 cm³/mol. The number of thiazole rings is 1. The van der Waals surface area contributed by atoms with E-state index in [1.807, 2.05) is 11.4 Å². The molecular formula is C23H26N6S. The molecule has 30 heavy (non-hydrogen) atoms. The van der Waals surface area contributed by atoms with E-state index in [9.17, 15) is 0 Å². The lowest BCUT2D eigenvalue weighted by Gasteiger charge is -2.32. The van der Waals surface area contributed by atoms with Gasteiger partial charge in [-0.15, -0.1) is 11.3 Å². The van der Waals surface area contributed by atoms with Gasteiger partial charge >= 0.3 is 0 Å². The molecule has 1 unspecified atom stereocenters. The van der Waals surface area contributed by atoms with Gasteiger partial charge in [0, 0.05) is 36.3 Å². The molecule has 0 spiro atoms. The number of aromatic nitrogens is 4. The van der Waals surface area contributed by atoms with Gasteiger partial charge in [0.15, 0.2) is 5.13 Å². The molecule has 1 aromatic carbocycles. The maximum absolute atomic E-state index is 4.92. The van der Waals surface area contributed by atoms with Gasteiger partial charge in [0.1, 0.15) is 11.6 Å². The van der Waals surface area contributed by atoms with Crippen LogP contribution in [-0.4, -0.2) is 37.5 Å². The fraction of sp³-hybridized carbons (Fsp3) is 0.348. The fourth-order valence-corrected chi connectivity index (χ4v) is 4.92. The number of rotatable bonds is 6. The number of hydrogen-bond donors (Lipinski definition) is 1. The van der Waals surface area contributed by atoms with Crippen LogP contribution in [0.1, 0.15) is 37.2 Å². The first-order chi connectivity index (χ1) is 14.8. The van der Waals surface area contributed by atoms with Gasteiger partial charge < -0.3 is 9.88 Å². The predicted octanol–water partition coefficient (Wildman–Crippen LogP) is 5.03. The SMILES string of the molecule is CCn1c(CN2CCCC(c3cccc(Nc4nccs4)n3)C2)nc2ccccc21. The van der Waals surface area contributed by atoms with Crippen LogP contribution >= 0.6 is 11.3 Å². The van der Waals surface area contributed by atoms with E-state index in [0.717, 1.165) is 54.2 Å². The first-order valence-electron chi connectivity index (χ1n) is 10.6. The summed E-state index contributed by atoms with van der Waals surface area (Å²) in [5, 5.41) is 6.16. The number of nitrogens with one attached hydrogen (secondary N) is 1. The number of piperidine rings is 1. The Morgan fingerprint density at radius 2 is 2.07 bits per heavy atom. The molecule has 1 aliphatic heterocycles. The molecule has 4 aromatic rings. The lowest BCUT2D eigenvalue weighted by atomic mass is 9.94. The maximum atomic E-state index is 4.92. The number of nitrogens with zero attached hydrogens (tertiary/aromatic N) is 5. The normalized spacial score (nSPS) is 17.4. The van der Waals surface area contributed by atoms with Crippen LogP contribution in [-0.2, 0) is 13.1 Å². The number of likely N-dealkylation sites (tertiary alicyclic amines) is 1. The summed E-state index contributed by atoms with van der Waals surface area (Å²) in [5.74, 6) is 2.47. The molecule has 7 heteroatoms. The van der Waals surface area contributed by atoms with Crippen molar-refractivity contribution in [3.05, 3.63) is 65.6 Å². The van der Waals surface area contributed by atoms with Crippen molar-refractivity contribution < 1.29 is 0 Å². The molecule has 0 aliphatic carbocycles. The van der Waals surface area contributed by atoms with Gasteiger partial charge in [-0.05, 0) is 50.6 Å². The zero-order valence-corrected chi connectivity index (χ0v) is 18.0. The fourth-order valence-electron chi connectivity index (χ4n) is 4.38. The number of hydrogen-bond acceptors (Lipinski definition) is 6. The number of fused-ring (bicyclic) bond motifs is 1. The van der Waals surface area contributed by atoms with Crippen molar-refractivity contribution in [2.24, 2.45) is 0 Å². The van der Waals surface area contributed by atoms with Crippen LogP contribution in [0.15, 0.2) is 54.0 Å². The highest BCUT2D eigenvalue weighted by molar-refractivity contribution is 7.13. The quantitative estimate of drug-likeness (QED) is 0.476. The lowest BCUT2D eigenvalue weighted by Crippen LogP contribution is -2.35. The minimum atomic E-state index is 0.441. The molecule has 4 heterocycles. The summed E-state index contributed by atoms with van der Waals surface area (Å²) in [6.45, 7) is 6.15. The molecule has 6 nitrogen and oxygen atoms in total. The Hall–Kier alpha value is -2.77. The van der Waals surface area contributed by atoms with E-state index in [-0.39, 0.29) is 0 Å². The van der Waals surface area contributed by atoms with Crippen LogP contribution in [0.25, 0.3) is 11.0 Å². The number of para-hydroxylation sites is 2. The Kier molecular flexibility index (Phi) is 5.46. The van der Waals surface area contributed by atoms with Crippen LogP contribution in [0.3, 0.4) is 0 Å². The molecule has 5 rings (SSSR count). The number of pyridine rings is 1. The Morgan fingerprint density at radius 3 is 2.93 bits per heavy atom. The highest BCUT2D eigenvalue weighted by Crippen LogP contribution is 2.28. The number of aryl methyl sites for hydroxylation is 1. The van der Waals surface area contributed by atoms with Crippen LogP contribution in [0.4, 0.5) is 10.9 Å². The van der Waals surface area contributed by atoms with Gasteiger partial charge in [-0.1, -0.05) is 18.2 Å². The van der Waals surface area contributed by atoms with Gasteiger partial charge in [-0.25, -0.2) is 15.0 Å². The van der Waals surface area contributed by atoms with E-state index in [1.165, 1.54) is 18.4 Å². The molecule has 1 N–H and O–H groups in total. The summed E-state index contributed by atoms with van der Waals surface area (Å²) in [5.41, 5.74) is 3.47. The molecule has 1 fully saturated rings. The summed E-state index contributed by atoms with van der Waals surface area (Å²) in [4.78, 5) is 16.6. The standard InChI is InChI=1S/C23H26N6S/c1-2-29-20-10-4-3-8-19(20)26-22(29)16-28-13-6-7-17(15-28)18-9-5-11-21(25-18)27-23-24-12-14-30-23/h3-5,8-12,14,17H,2,6-7,13,15-16H2,1H3,(H,24,25,27). The highest BCUT2D eigenvalue weighted by Gasteiger charge is 2.24. The summed E-state index contributed by atoms with van der Waals surface area (Å²) in [6.07, 6.45) is 4.16. The van der Waals surface area contributed by atoms with E-state index < -0.39 is 0 Å². The Morgan fingerprint density at radius 1 is 1.13 bits per heavy atom. The van der Waals surface area contributed by atoms with Crippen molar-refractivity contribution in [1.29, 1.82) is 0 Å². The summed E-state index contributed by atoms with van der Waals surface area (Å²) >= 11 is 1.59. The monoisotopic (exact) mass is 418 g/mol. The number of benzene rings is 1. The van der Waals surface area contributed by atoms with Gasteiger partial charge in [0.05, 0.1) is 17.6 Å². The lowest BCUT2D eigenvalue weighted by molar-refractivity contribution is 0.192. The van der Waals surface area contributed by atoms with E-state index in [4.69, 9.17) is 9.97 Å². The van der Waals surface area contributed by atoms with Crippen molar-refractivity contribution in [2.45, 2.75) is 38.8 Å². The summed E-state index contributed by atoms with van der Waals surface area (Å²) in [6, 6.07) is 14.7. The molecule has 0 saturated carbocycles. The van der Waals surface area contributed by atoms with Crippen molar-refractivity contribution in [3.63, 3.8) is 0 Å². The van der Waals surface area contributed by atoms with Gasteiger partial charge in [-0.2, -0.15) is 0 Å². The van der Waals surface area contributed by atoms with Crippen LogP contribution in [0.2, 0.25) is 0 Å². The van der Waals surface area contributed by atoms with Crippen molar-refractivity contribution in [1.82, 2.24) is 24.4 Å². The van der Waals surface area contributed by atoms with E-state index >= 15 is 0 Å². The molecule has 0 bridgehead atoms. The minimum absolute atomic E-state index is 0.441. The third-order valence-corrected chi connectivity index (χ3v) is 6.47. The second-order valence-electron chi connectivity index (χ2n) is 7.75. The number of anilines is 2. The van der Waals surface area contributed by atoms with Gasteiger partial charge in [0.25, 0.3) is 0 Å². The van der Waals surface area contributed by atoms with Crippen LogP contribution in [0.5, 0.6) is 0 Å². The second-order valence-corrected chi connectivity index (χ2v) is 8.64. The average molecular weight is 419 g/mol. The molecule has 1 atom stereocenters. The molecule has 0 radical (unpaired) electrons. The Bertz CT molecular complexity index is 1120. The minimum Gasteiger partial charge on any atom is -0.327 e. The smallest absolute Gasteiger partial charge is 0.188 e. The zero-order chi connectivity index (χ0) is 20.3. The third-order valence-electron chi connectivity index (χ3n) is 5.78. The van der Waals surface area contributed by atoms with E-state index in [0.29, 0.717) is 5.92 Å². The molecule has 1 saturated heterocycles. The third kappa shape index (κ3) is 3.95. The topological polar surface area (TPSA) is 58.9 Å². The first kappa shape index (κ1) is 19.2. The van der Waals surface area contributed by atoms with Crippen molar-refractivity contribution in [2.75, 3.05) is 18.4 Å². The van der Waals surface area contributed by atoms with Crippen molar-refractivity contribution >= 4 is 33.3 Å². The molecule has 0 amide bonds. The van der Waals surface area contributed by atoms with Crippen LogP contribution in [0, 0.1) is 0 Å². The van der Waals surface area contributed by atoms with E-state index in [2.05, 4.69) is 63.1 Å². The Balaban J connectivity index is 1.32. The first-order valence-corrected chi connectivity index (χ1v) is 11.5. The molecule has 1 aliphatic rings. The van der Waals surface area contributed by atoms with Gasteiger partial charge in [0.2, 0.25) is 0 Å². The Labute approximate surface area is 180 Å². The summed E-state index contributed by atoms with van der Waals surface area (Å²) < 4.78 is 2.34. The molecular weight excluding hydrogens is 392 g/mol. The van der Waals surface area contributed by atoms with Crippen molar-refractivity contribution in [3.8, 4) is 0 Å². The maximum Gasteiger partial charge on any atom is 0.188 e. The largest absolute Gasteiger partial charge is 0.327 e. The highest BCUT2D eigenvalue weighted by atomic mass is 32.1. The van der Waals surface area contributed by atoms with Crippen LogP contribution < -0.4 is 5.32 Å². The summed E-state index contributed by atoms with van der Waals surface area (Å²) in [7, 11) is 0. The average Bonchev–Trinajstić information content (AvgIpc) is 3.41. The van der Waals surface area contributed by atoms with E-state index in [1.54, 1.807) is 17.5 Å². The zero-order valence-electron chi connectivity index (χ0n) is 17.2. The second kappa shape index (κ2) is 8.53. The molecule has 3 aromatic heterocycles. The molecule has 154 valence electrons. The van der Waals surface area contributed by atoms with Gasteiger partial charge in [-0.3, -0.25) is 4.90 Å².